The van der Waals surface area contributed by atoms with Crippen LogP contribution in [0.15, 0.2) is 79.9 Å². The fourth-order valence-electron chi connectivity index (χ4n) is 8.31. The van der Waals surface area contributed by atoms with Crippen LogP contribution in [0.1, 0.15) is 71.0 Å². The van der Waals surface area contributed by atoms with E-state index >= 15 is 0 Å². The summed E-state index contributed by atoms with van der Waals surface area (Å²) in [6, 6.07) is 15.4. The first-order valence-electron chi connectivity index (χ1n) is 18.7. The van der Waals surface area contributed by atoms with Gasteiger partial charge in [-0.15, -0.1) is 13.2 Å². The smallest absolute Gasteiger partial charge is 0.313 e. The van der Waals surface area contributed by atoms with Gasteiger partial charge in [0.2, 0.25) is 11.8 Å². The molecule has 0 aliphatic carbocycles. The van der Waals surface area contributed by atoms with Gasteiger partial charge >= 0.3 is 5.97 Å². The second kappa shape index (κ2) is 17.4. The minimum Gasteiger partial charge on any atom is -0.455 e. The first-order chi connectivity index (χ1) is 25.1. The number of nitrogens with one attached hydrogen (secondary N) is 1. The predicted octanol–water partition coefficient (Wildman–Crippen LogP) is 4.95. The van der Waals surface area contributed by atoms with Gasteiger partial charge in [0.1, 0.15) is 17.7 Å². The Morgan fingerprint density at radius 1 is 1.06 bits per heavy atom. The number of carbonyl (C=O) groups excluding carboxylic acids is 4. The third-order valence-electron chi connectivity index (χ3n) is 10.8. The average Bonchev–Trinajstić information content (AvgIpc) is 3.80. The summed E-state index contributed by atoms with van der Waals surface area (Å²) in [6.45, 7) is 15.7. The molecule has 3 heterocycles. The fraction of sp³-hybridized carbons (Fsp3) is 0.512. The van der Waals surface area contributed by atoms with Crippen LogP contribution >= 0.6 is 0 Å². The molecule has 0 saturated carbocycles. The number of hydrogen-bond donors (Lipinski definition) is 2. The molecule has 52 heavy (non-hydrogen) atoms. The summed E-state index contributed by atoms with van der Waals surface area (Å²) in [6.07, 6.45) is 4.53. The normalized spacial score (nSPS) is 24.2. The SMILES string of the molecule is C=CCCC(=O)N[C@H](C)[C@@H](OC(=O)[C@@H]1[C@@H]2CC[C@]3(O2)[C@H](C(=O)N(CC=C)c2ccc(N(CC)CC)cc2)N(CCCCO)C(=O)[C@@H]13)c1ccccc1. The lowest BCUT2D eigenvalue weighted by molar-refractivity contribution is -0.162. The number of amides is 3. The molecular formula is C41H54N4O7. The summed E-state index contributed by atoms with van der Waals surface area (Å²) in [5.41, 5.74) is 1.18. The highest BCUT2D eigenvalue weighted by Crippen LogP contribution is 2.59. The van der Waals surface area contributed by atoms with Crippen LogP contribution in [0, 0.1) is 11.8 Å². The molecule has 3 aliphatic rings. The molecule has 2 aromatic carbocycles. The molecule has 3 saturated heterocycles. The molecule has 3 amide bonds. The maximum Gasteiger partial charge on any atom is 0.313 e. The molecule has 3 aliphatic heterocycles. The largest absolute Gasteiger partial charge is 0.455 e. The Balaban J connectivity index is 1.46. The summed E-state index contributed by atoms with van der Waals surface area (Å²) in [4.78, 5) is 61.9. The van der Waals surface area contributed by atoms with Crippen LogP contribution in [-0.2, 0) is 28.7 Å². The Labute approximate surface area is 307 Å². The Morgan fingerprint density at radius 3 is 2.38 bits per heavy atom. The van der Waals surface area contributed by atoms with Crippen molar-refractivity contribution in [3.63, 3.8) is 0 Å². The van der Waals surface area contributed by atoms with Crippen LogP contribution in [-0.4, -0.2) is 90.3 Å². The van der Waals surface area contributed by atoms with Gasteiger partial charge in [-0.25, -0.2) is 0 Å². The van der Waals surface area contributed by atoms with E-state index in [1.54, 1.807) is 28.9 Å². The van der Waals surface area contributed by atoms with Gasteiger partial charge in [-0.2, -0.15) is 0 Å². The average molecular weight is 715 g/mol. The number of benzene rings is 2. The lowest BCUT2D eigenvalue weighted by Crippen LogP contribution is -2.56. The number of nitrogens with zero attached hydrogens (tertiary/aromatic N) is 3. The number of aliphatic hydroxyl groups excluding tert-OH is 1. The first-order valence-corrected chi connectivity index (χ1v) is 18.7. The van der Waals surface area contributed by atoms with Crippen LogP contribution in [0.5, 0.6) is 0 Å². The highest BCUT2D eigenvalue weighted by molar-refractivity contribution is 6.04. The van der Waals surface area contributed by atoms with Crippen molar-refractivity contribution in [2.24, 2.45) is 11.8 Å². The van der Waals surface area contributed by atoms with Gasteiger partial charge in [0.05, 0.1) is 24.0 Å². The van der Waals surface area contributed by atoms with E-state index in [2.05, 4.69) is 37.2 Å². The summed E-state index contributed by atoms with van der Waals surface area (Å²) < 4.78 is 12.9. The molecule has 2 N–H and O–H groups in total. The Morgan fingerprint density at radius 2 is 1.75 bits per heavy atom. The van der Waals surface area contributed by atoms with Crippen LogP contribution in [0.2, 0.25) is 0 Å². The van der Waals surface area contributed by atoms with E-state index in [4.69, 9.17) is 9.47 Å². The zero-order valence-corrected chi connectivity index (χ0v) is 30.7. The summed E-state index contributed by atoms with van der Waals surface area (Å²) >= 11 is 0. The zero-order valence-electron chi connectivity index (χ0n) is 30.7. The lowest BCUT2D eigenvalue weighted by Gasteiger charge is -2.37. The van der Waals surface area contributed by atoms with Gasteiger partial charge in [0, 0.05) is 50.6 Å². The minimum atomic E-state index is -1.23. The van der Waals surface area contributed by atoms with E-state index in [1.807, 2.05) is 54.6 Å². The third kappa shape index (κ3) is 7.66. The standard InChI is InChI=1S/C41H54N4O7/c1-6-10-18-33(47)42-28(5)36(29-16-12-11-13-17-29)51-40(50)34-32-23-24-41(52-32)35(34)38(48)45(26-14-15-27-46)37(41)39(49)44(25-7-2)31-21-19-30(20-22-31)43(8-3)9-4/h6-7,11-13,16-17,19-22,28,32,34-37,46H,1-2,8-10,14-15,18,23-27H2,3-5H3,(H,42,47)/t28-,32+,34-,35-,36-,37+,41-/m1/s1. The van der Waals surface area contributed by atoms with E-state index in [9.17, 15) is 24.3 Å². The monoisotopic (exact) mass is 714 g/mol. The molecule has 2 aromatic rings. The lowest BCUT2D eigenvalue weighted by atomic mass is 9.70. The Hall–Kier alpha value is -4.48. The van der Waals surface area contributed by atoms with E-state index in [1.165, 1.54) is 0 Å². The third-order valence-corrected chi connectivity index (χ3v) is 10.8. The number of aliphatic hydroxyl groups is 1. The van der Waals surface area contributed by atoms with E-state index in [0.717, 1.165) is 18.8 Å². The molecule has 280 valence electrons. The molecule has 5 rings (SSSR count). The van der Waals surface area contributed by atoms with Crippen molar-refractivity contribution in [1.82, 2.24) is 10.2 Å². The highest BCUT2D eigenvalue weighted by atomic mass is 16.6. The van der Waals surface area contributed by atoms with Crippen LogP contribution < -0.4 is 15.1 Å². The summed E-state index contributed by atoms with van der Waals surface area (Å²) in [7, 11) is 0. The maximum atomic E-state index is 14.9. The van der Waals surface area contributed by atoms with E-state index in [-0.39, 0.29) is 43.8 Å². The Kier molecular flexibility index (Phi) is 12.9. The quantitative estimate of drug-likeness (QED) is 0.119. The number of allylic oxidation sites excluding steroid dienone is 1. The number of hydrogen-bond acceptors (Lipinski definition) is 8. The molecule has 3 fully saturated rings. The maximum absolute atomic E-state index is 14.9. The van der Waals surface area contributed by atoms with Crippen molar-refractivity contribution in [2.45, 2.75) is 89.2 Å². The van der Waals surface area contributed by atoms with Crippen LogP contribution in [0.25, 0.3) is 0 Å². The number of ether oxygens (including phenoxy) is 2. The highest BCUT2D eigenvalue weighted by Gasteiger charge is 2.75. The second-order valence-electron chi connectivity index (χ2n) is 13.9. The molecule has 0 radical (unpaired) electrons. The topological polar surface area (TPSA) is 129 Å². The van der Waals surface area contributed by atoms with Crippen molar-refractivity contribution in [1.29, 1.82) is 0 Å². The number of unbranched alkanes of at least 4 members (excludes halogenated alkanes) is 1. The number of anilines is 2. The van der Waals surface area contributed by atoms with Crippen molar-refractivity contribution < 1.29 is 33.8 Å². The number of likely N-dealkylation sites (tertiary alicyclic amines) is 1. The van der Waals surface area contributed by atoms with Crippen molar-refractivity contribution in [2.75, 3.05) is 42.6 Å². The minimum absolute atomic E-state index is 0.0482. The molecule has 1 spiro atoms. The number of carbonyl (C=O) groups is 4. The summed E-state index contributed by atoms with van der Waals surface area (Å²) in [5.74, 6) is -3.27. The Bertz CT molecular complexity index is 1580. The van der Waals surface area contributed by atoms with Crippen LogP contribution in [0.4, 0.5) is 11.4 Å². The number of rotatable bonds is 19. The van der Waals surface area contributed by atoms with Gasteiger partial charge in [0.25, 0.3) is 5.91 Å². The molecule has 2 bridgehead atoms. The molecular weight excluding hydrogens is 660 g/mol. The van der Waals surface area contributed by atoms with Gasteiger partial charge in [0.15, 0.2) is 0 Å². The van der Waals surface area contributed by atoms with Gasteiger partial charge < -0.3 is 34.6 Å². The zero-order chi connectivity index (χ0) is 37.4. The molecule has 11 heteroatoms. The molecule has 7 atom stereocenters. The number of fused-ring (bicyclic) bond motifs is 1. The second-order valence-corrected chi connectivity index (χ2v) is 13.9. The van der Waals surface area contributed by atoms with Crippen molar-refractivity contribution in [3.8, 4) is 0 Å². The fourth-order valence-corrected chi connectivity index (χ4v) is 8.31. The molecule has 0 aromatic heterocycles. The van der Waals surface area contributed by atoms with Crippen LogP contribution in [0.3, 0.4) is 0 Å². The van der Waals surface area contributed by atoms with Gasteiger partial charge in [-0.3, -0.25) is 19.2 Å². The van der Waals surface area contributed by atoms with Crippen molar-refractivity contribution in [3.05, 3.63) is 85.5 Å². The molecule has 0 unspecified atom stereocenters. The molecule has 11 nitrogen and oxygen atoms in total. The van der Waals surface area contributed by atoms with E-state index < -0.39 is 47.7 Å². The van der Waals surface area contributed by atoms with Gasteiger partial charge in [-0.1, -0.05) is 42.5 Å². The summed E-state index contributed by atoms with van der Waals surface area (Å²) in [5, 5.41) is 12.5. The number of esters is 1. The van der Waals surface area contributed by atoms with Gasteiger partial charge in [-0.05, 0) is 82.7 Å². The predicted molar refractivity (Wildman–Crippen MR) is 201 cm³/mol. The van der Waals surface area contributed by atoms with Crippen molar-refractivity contribution >= 4 is 35.1 Å². The van der Waals surface area contributed by atoms with E-state index in [0.29, 0.717) is 43.4 Å². The first kappa shape index (κ1) is 38.7.